The molecule has 2 aromatic rings. The molecule has 0 atom stereocenters. The highest BCUT2D eigenvalue weighted by Crippen LogP contribution is 2.15. The molecule has 0 saturated carbocycles. The standard InChI is InChI=1S/C18H21NO3/c1-12(2)22-18(21)16-7-5-6-15(10-16)11-19-9-8-17(13(19)3)14(4)20/h5-10,12H,11H2,1-4H3. The summed E-state index contributed by atoms with van der Waals surface area (Å²) in [7, 11) is 0. The maximum Gasteiger partial charge on any atom is 0.338 e. The van der Waals surface area contributed by atoms with Crippen LogP contribution in [-0.4, -0.2) is 22.4 Å². The van der Waals surface area contributed by atoms with Gasteiger partial charge in [0.1, 0.15) is 0 Å². The Kier molecular flexibility index (Phi) is 4.81. The molecule has 0 fully saturated rings. The van der Waals surface area contributed by atoms with E-state index < -0.39 is 0 Å². The van der Waals surface area contributed by atoms with E-state index in [0.29, 0.717) is 12.1 Å². The smallest absolute Gasteiger partial charge is 0.338 e. The van der Waals surface area contributed by atoms with E-state index in [2.05, 4.69) is 0 Å². The summed E-state index contributed by atoms with van der Waals surface area (Å²) < 4.78 is 7.21. The summed E-state index contributed by atoms with van der Waals surface area (Å²) in [5.74, 6) is -0.254. The third kappa shape index (κ3) is 3.64. The van der Waals surface area contributed by atoms with Gasteiger partial charge in [-0.2, -0.15) is 0 Å². The second kappa shape index (κ2) is 6.60. The zero-order valence-corrected chi connectivity index (χ0v) is 13.4. The number of nitrogens with zero attached hydrogens (tertiary/aromatic N) is 1. The summed E-state index contributed by atoms with van der Waals surface area (Å²) in [5, 5.41) is 0. The first kappa shape index (κ1) is 16.0. The molecule has 1 aromatic heterocycles. The maximum absolute atomic E-state index is 11.9. The van der Waals surface area contributed by atoms with E-state index in [4.69, 9.17) is 4.74 Å². The van der Waals surface area contributed by atoms with Crippen LogP contribution in [0.4, 0.5) is 0 Å². The lowest BCUT2D eigenvalue weighted by molar-refractivity contribution is 0.0377. The fourth-order valence-corrected chi connectivity index (χ4v) is 2.37. The average molecular weight is 299 g/mol. The lowest BCUT2D eigenvalue weighted by Crippen LogP contribution is -2.12. The molecule has 0 bridgehead atoms. The lowest BCUT2D eigenvalue weighted by Gasteiger charge is -2.10. The van der Waals surface area contributed by atoms with Gasteiger partial charge in [0.25, 0.3) is 0 Å². The number of aromatic nitrogens is 1. The number of Topliss-reactive ketones (excluding diaryl/α,β-unsaturated/α-hetero) is 1. The molecule has 0 N–H and O–H groups in total. The number of rotatable bonds is 5. The van der Waals surface area contributed by atoms with Gasteiger partial charge in [-0.3, -0.25) is 4.79 Å². The summed E-state index contributed by atoms with van der Waals surface area (Å²) in [4.78, 5) is 23.4. The number of benzene rings is 1. The number of hydrogen-bond acceptors (Lipinski definition) is 3. The molecule has 0 radical (unpaired) electrons. The summed E-state index contributed by atoms with van der Waals surface area (Å²) in [6.45, 7) is 7.76. The SMILES string of the molecule is CC(=O)c1ccn(Cc2cccc(C(=O)OC(C)C)c2)c1C. The molecule has 1 aromatic carbocycles. The molecule has 2 rings (SSSR count). The molecule has 4 heteroatoms. The van der Waals surface area contributed by atoms with Gasteiger partial charge in [-0.1, -0.05) is 12.1 Å². The van der Waals surface area contributed by atoms with Crippen molar-refractivity contribution in [2.75, 3.05) is 0 Å². The van der Waals surface area contributed by atoms with Crippen molar-refractivity contribution in [3.63, 3.8) is 0 Å². The van der Waals surface area contributed by atoms with Gasteiger partial charge in [0.05, 0.1) is 11.7 Å². The van der Waals surface area contributed by atoms with Crippen LogP contribution in [0.25, 0.3) is 0 Å². The number of ketones is 1. The van der Waals surface area contributed by atoms with E-state index in [1.165, 1.54) is 0 Å². The molecular formula is C18H21NO3. The van der Waals surface area contributed by atoms with Crippen LogP contribution in [0, 0.1) is 6.92 Å². The largest absolute Gasteiger partial charge is 0.459 e. The lowest BCUT2D eigenvalue weighted by atomic mass is 10.1. The summed E-state index contributed by atoms with van der Waals surface area (Å²) in [5.41, 5.74) is 3.20. The number of hydrogen-bond donors (Lipinski definition) is 0. The Morgan fingerprint density at radius 2 is 1.95 bits per heavy atom. The van der Waals surface area contributed by atoms with E-state index >= 15 is 0 Å². The normalized spacial score (nSPS) is 10.8. The van der Waals surface area contributed by atoms with Gasteiger partial charge >= 0.3 is 5.97 Å². The Labute approximate surface area is 130 Å². The second-order valence-electron chi connectivity index (χ2n) is 5.65. The minimum Gasteiger partial charge on any atom is -0.459 e. The molecule has 1 heterocycles. The van der Waals surface area contributed by atoms with E-state index in [9.17, 15) is 9.59 Å². The zero-order valence-electron chi connectivity index (χ0n) is 13.4. The predicted octanol–water partition coefficient (Wildman–Crippen LogP) is 3.61. The Hall–Kier alpha value is -2.36. The Balaban J connectivity index is 2.20. The van der Waals surface area contributed by atoms with Gasteiger partial charge in [0.2, 0.25) is 0 Å². The summed E-state index contributed by atoms with van der Waals surface area (Å²) in [6.07, 6.45) is 1.76. The van der Waals surface area contributed by atoms with Crippen LogP contribution in [0.1, 0.15) is 52.7 Å². The highest BCUT2D eigenvalue weighted by Gasteiger charge is 2.11. The molecule has 0 spiro atoms. The van der Waals surface area contributed by atoms with Crippen molar-refractivity contribution < 1.29 is 14.3 Å². The van der Waals surface area contributed by atoms with E-state index in [0.717, 1.165) is 16.8 Å². The van der Waals surface area contributed by atoms with E-state index in [1.54, 1.807) is 13.0 Å². The summed E-state index contributed by atoms with van der Waals surface area (Å²) >= 11 is 0. The van der Waals surface area contributed by atoms with Crippen molar-refractivity contribution in [1.29, 1.82) is 0 Å². The van der Waals surface area contributed by atoms with Crippen molar-refractivity contribution in [2.45, 2.75) is 40.3 Å². The van der Waals surface area contributed by atoms with Gasteiger partial charge in [0, 0.05) is 24.0 Å². The van der Waals surface area contributed by atoms with Crippen LogP contribution in [0.15, 0.2) is 36.5 Å². The van der Waals surface area contributed by atoms with E-state index in [1.807, 2.05) is 55.8 Å². The number of carbonyl (C=O) groups excluding carboxylic acids is 2. The molecule has 4 nitrogen and oxygen atoms in total. The quantitative estimate of drug-likeness (QED) is 0.626. The van der Waals surface area contributed by atoms with Crippen LogP contribution in [0.3, 0.4) is 0 Å². The number of esters is 1. The minimum atomic E-state index is -0.314. The highest BCUT2D eigenvalue weighted by atomic mass is 16.5. The van der Waals surface area contributed by atoms with Gasteiger partial charge in [-0.15, -0.1) is 0 Å². The molecular weight excluding hydrogens is 278 g/mol. The maximum atomic E-state index is 11.9. The van der Waals surface area contributed by atoms with Crippen molar-refractivity contribution in [1.82, 2.24) is 4.57 Å². The molecule has 0 amide bonds. The third-order valence-corrected chi connectivity index (χ3v) is 3.48. The molecule has 0 aliphatic carbocycles. The van der Waals surface area contributed by atoms with Gasteiger partial charge in [-0.05, 0) is 51.5 Å². The van der Waals surface area contributed by atoms with Crippen molar-refractivity contribution >= 4 is 11.8 Å². The van der Waals surface area contributed by atoms with Crippen molar-refractivity contribution in [2.24, 2.45) is 0 Å². The van der Waals surface area contributed by atoms with Crippen LogP contribution in [-0.2, 0) is 11.3 Å². The van der Waals surface area contributed by atoms with Crippen LogP contribution >= 0.6 is 0 Å². The Bertz CT molecular complexity index is 698. The number of carbonyl (C=O) groups is 2. The average Bonchev–Trinajstić information content (AvgIpc) is 2.80. The van der Waals surface area contributed by atoms with Crippen molar-refractivity contribution in [3.05, 3.63) is 58.9 Å². The minimum absolute atomic E-state index is 0.0607. The number of ether oxygens (including phenoxy) is 1. The third-order valence-electron chi connectivity index (χ3n) is 3.48. The first-order valence-electron chi connectivity index (χ1n) is 7.35. The Morgan fingerprint density at radius 3 is 2.55 bits per heavy atom. The predicted molar refractivity (Wildman–Crippen MR) is 85.3 cm³/mol. The van der Waals surface area contributed by atoms with Gasteiger partial charge in [0.15, 0.2) is 5.78 Å². The fourth-order valence-electron chi connectivity index (χ4n) is 2.37. The highest BCUT2D eigenvalue weighted by molar-refractivity contribution is 5.95. The molecule has 0 unspecified atom stereocenters. The first-order valence-corrected chi connectivity index (χ1v) is 7.35. The second-order valence-corrected chi connectivity index (χ2v) is 5.65. The topological polar surface area (TPSA) is 48.3 Å². The van der Waals surface area contributed by atoms with Crippen molar-refractivity contribution in [3.8, 4) is 0 Å². The van der Waals surface area contributed by atoms with Gasteiger partial charge in [-0.25, -0.2) is 4.79 Å². The monoisotopic (exact) mass is 299 g/mol. The molecule has 22 heavy (non-hydrogen) atoms. The van der Waals surface area contributed by atoms with E-state index in [-0.39, 0.29) is 17.9 Å². The van der Waals surface area contributed by atoms with Crippen LogP contribution in [0.2, 0.25) is 0 Å². The van der Waals surface area contributed by atoms with Crippen LogP contribution in [0.5, 0.6) is 0 Å². The van der Waals surface area contributed by atoms with Gasteiger partial charge < -0.3 is 9.30 Å². The Morgan fingerprint density at radius 1 is 1.23 bits per heavy atom. The molecule has 116 valence electrons. The zero-order chi connectivity index (χ0) is 16.3. The molecule has 0 saturated heterocycles. The first-order chi connectivity index (χ1) is 10.4. The molecule has 0 aliphatic heterocycles. The fraction of sp³-hybridized carbons (Fsp3) is 0.333. The molecule has 0 aliphatic rings. The van der Waals surface area contributed by atoms with Crippen LogP contribution < -0.4 is 0 Å². The summed E-state index contributed by atoms with van der Waals surface area (Å²) in [6, 6.07) is 9.21.